The highest BCUT2D eigenvalue weighted by molar-refractivity contribution is 6.01. The highest BCUT2D eigenvalue weighted by Crippen LogP contribution is 2.20. The summed E-state index contributed by atoms with van der Waals surface area (Å²) in [4.78, 5) is 33.0. The van der Waals surface area contributed by atoms with Crippen molar-refractivity contribution >= 4 is 17.4 Å². The summed E-state index contributed by atoms with van der Waals surface area (Å²) in [6.45, 7) is 1.64. The van der Waals surface area contributed by atoms with E-state index in [1.165, 1.54) is 24.3 Å². The van der Waals surface area contributed by atoms with Crippen LogP contribution in [0.15, 0.2) is 24.3 Å². The van der Waals surface area contributed by atoms with Crippen molar-refractivity contribution in [3.8, 4) is 0 Å². The van der Waals surface area contributed by atoms with Crippen LogP contribution in [0, 0.1) is 10.1 Å². The number of nitro groups is 1. The van der Waals surface area contributed by atoms with E-state index in [2.05, 4.69) is 4.74 Å². The van der Waals surface area contributed by atoms with Gasteiger partial charge < -0.3 is 9.84 Å². The Morgan fingerprint density at radius 3 is 2.63 bits per heavy atom. The van der Waals surface area contributed by atoms with Crippen LogP contribution in [0.2, 0.25) is 0 Å². The van der Waals surface area contributed by atoms with E-state index >= 15 is 0 Å². The number of aliphatic hydroxyl groups is 1. The second kappa shape index (κ2) is 6.60. The van der Waals surface area contributed by atoms with Crippen molar-refractivity contribution in [2.75, 3.05) is 6.61 Å². The van der Waals surface area contributed by atoms with Crippen LogP contribution in [-0.4, -0.2) is 34.5 Å². The maximum Gasteiger partial charge on any atom is 0.335 e. The molecule has 0 bridgehead atoms. The number of esters is 1. The smallest absolute Gasteiger partial charge is 0.335 e. The third-order valence-electron chi connectivity index (χ3n) is 2.34. The standard InChI is InChI=1S/C12H13NO6/c1-2-19-12(16)11(15)7-10(14)8-5-3-4-6-9(8)13(17)18/h3-6,11,15H,2,7H2,1H3/t11-/m1/s1. The van der Waals surface area contributed by atoms with Gasteiger partial charge in [0.25, 0.3) is 5.69 Å². The van der Waals surface area contributed by atoms with Crippen molar-refractivity contribution in [2.24, 2.45) is 0 Å². The van der Waals surface area contributed by atoms with Crippen molar-refractivity contribution in [1.29, 1.82) is 0 Å². The maximum absolute atomic E-state index is 11.8. The number of aliphatic hydroxyl groups excluding tert-OH is 1. The quantitative estimate of drug-likeness (QED) is 0.358. The second-order valence-corrected chi connectivity index (χ2v) is 3.67. The molecule has 1 N–H and O–H groups in total. The van der Waals surface area contributed by atoms with Crippen molar-refractivity contribution in [3.05, 3.63) is 39.9 Å². The molecule has 19 heavy (non-hydrogen) atoms. The molecule has 0 aliphatic rings. The Bertz CT molecular complexity index is 499. The third kappa shape index (κ3) is 3.85. The fourth-order valence-electron chi connectivity index (χ4n) is 1.48. The van der Waals surface area contributed by atoms with Crippen LogP contribution >= 0.6 is 0 Å². The minimum Gasteiger partial charge on any atom is -0.464 e. The number of nitro benzene ring substituents is 1. The summed E-state index contributed by atoms with van der Waals surface area (Å²) in [5.41, 5.74) is -0.501. The first-order chi connectivity index (χ1) is 8.97. The summed E-state index contributed by atoms with van der Waals surface area (Å²) in [6.07, 6.45) is -2.17. The molecule has 0 radical (unpaired) electrons. The Morgan fingerprint density at radius 2 is 2.05 bits per heavy atom. The Kier molecular flexibility index (Phi) is 5.13. The molecule has 1 aromatic carbocycles. The van der Waals surface area contributed by atoms with E-state index in [9.17, 15) is 24.8 Å². The van der Waals surface area contributed by atoms with E-state index in [-0.39, 0.29) is 17.9 Å². The van der Waals surface area contributed by atoms with Crippen molar-refractivity contribution < 1.29 is 24.4 Å². The highest BCUT2D eigenvalue weighted by atomic mass is 16.6. The lowest BCUT2D eigenvalue weighted by Gasteiger charge is -2.08. The van der Waals surface area contributed by atoms with Crippen LogP contribution in [0.5, 0.6) is 0 Å². The van der Waals surface area contributed by atoms with E-state index in [4.69, 9.17) is 0 Å². The molecule has 1 aromatic rings. The number of carbonyl (C=O) groups is 2. The summed E-state index contributed by atoms with van der Waals surface area (Å²) in [5.74, 6) is -1.61. The van der Waals surface area contributed by atoms with Crippen LogP contribution in [-0.2, 0) is 9.53 Å². The zero-order valence-corrected chi connectivity index (χ0v) is 10.2. The monoisotopic (exact) mass is 267 g/mol. The van der Waals surface area contributed by atoms with E-state index in [0.29, 0.717) is 0 Å². The van der Waals surface area contributed by atoms with E-state index in [0.717, 1.165) is 0 Å². The Morgan fingerprint density at radius 1 is 1.42 bits per heavy atom. The molecule has 1 atom stereocenters. The van der Waals surface area contributed by atoms with Crippen molar-refractivity contribution in [2.45, 2.75) is 19.4 Å². The molecule has 0 heterocycles. The Hall–Kier alpha value is -2.28. The number of rotatable bonds is 6. The summed E-state index contributed by atoms with van der Waals surface area (Å²) in [5, 5.41) is 20.2. The van der Waals surface area contributed by atoms with Gasteiger partial charge in [0.2, 0.25) is 0 Å². The topological polar surface area (TPSA) is 107 Å². The number of carbonyl (C=O) groups excluding carboxylic acids is 2. The molecule has 0 fully saturated rings. The van der Waals surface area contributed by atoms with E-state index in [1.54, 1.807) is 6.92 Å². The number of ketones is 1. The fraction of sp³-hybridized carbons (Fsp3) is 0.333. The van der Waals surface area contributed by atoms with Gasteiger partial charge >= 0.3 is 5.97 Å². The molecule has 0 unspecified atom stereocenters. The van der Waals surface area contributed by atoms with Gasteiger partial charge in [0.1, 0.15) is 0 Å². The van der Waals surface area contributed by atoms with Gasteiger partial charge in [-0.05, 0) is 13.0 Å². The summed E-state index contributed by atoms with van der Waals surface area (Å²) < 4.78 is 4.54. The lowest BCUT2D eigenvalue weighted by Crippen LogP contribution is -2.26. The largest absolute Gasteiger partial charge is 0.464 e. The van der Waals surface area contributed by atoms with Gasteiger partial charge in [0, 0.05) is 12.5 Å². The number of nitrogens with zero attached hydrogens (tertiary/aromatic N) is 1. The van der Waals surface area contributed by atoms with Crippen molar-refractivity contribution in [1.82, 2.24) is 0 Å². The Balaban J connectivity index is 2.84. The van der Waals surface area contributed by atoms with Gasteiger partial charge in [0.05, 0.1) is 17.1 Å². The summed E-state index contributed by atoms with van der Waals surface area (Å²) in [7, 11) is 0. The van der Waals surface area contributed by atoms with E-state index < -0.39 is 29.2 Å². The molecular weight excluding hydrogens is 254 g/mol. The zero-order chi connectivity index (χ0) is 14.4. The van der Waals surface area contributed by atoms with Crippen LogP contribution in [0.25, 0.3) is 0 Å². The number of para-hydroxylation sites is 1. The molecule has 0 spiro atoms. The molecule has 0 saturated heterocycles. The van der Waals surface area contributed by atoms with Gasteiger partial charge in [-0.3, -0.25) is 14.9 Å². The van der Waals surface area contributed by atoms with Gasteiger partial charge in [0.15, 0.2) is 11.9 Å². The average molecular weight is 267 g/mol. The first kappa shape index (κ1) is 14.8. The SMILES string of the molecule is CCOC(=O)[C@H](O)CC(=O)c1ccccc1[N+](=O)[O-]. The van der Waals surface area contributed by atoms with Gasteiger partial charge in [-0.1, -0.05) is 12.1 Å². The van der Waals surface area contributed by atoms with Crippen LogP contribution < -0.4 is 0 Å². The summed E-state index contributed by atoms with van der Waals surface area (Å²) >= 11 is 0. The number of hydrogen-bond acceptors (Lipinski definition) is 6. The minimum absolute atomic E-state index is 0.0789. The highest BCUT2D eigenvalue weighted by Gasteiger charge is 2.25. The van der Waals surface area contributed by atoms with Crippen molar-refractivity contribution in [3.63, 3.8) is 0 Å². The number of benzene rings is 1. The predicted molar refractivity (Wildman–Crippen MR) is 64.7 cm³/mol. The maximum atomic E-state index is 11.8. The minimum atomic E-state index is -1.62. The zero-order valence-electron chi connectivity index (χ0n) is 10.2. The molecule has 1 rings (SSSR count). The van der Waals surface area contributed by atoms with Gasteiger partial charge in [-0.25, -0.2) is 4.79 Å². The average Bonchev–Trinajstić information content (AvgIpc) is 2.38. The third-order valence-corrected chi connectivity index (χ3v) is 2.34. The molecule has 7 heteroatoms. The fourth-order valence-corrected chi connectivity index (χ4v) is 1.48. The van der Waals surface area contributed by atoms with Crippen LogP contribution in [0.3, 0.4) is 0 Å². The molecular formula is C12H13NO6. The number of ether oxygens (including phenoxy) is 1. The molecule has 0 aliphatic heterocycles. The predicted octanol–water partition coefficient (Wildman–Crippen LogP) is 1.09. The van der Waals surface area contributed by atoms with Gasteiger partial charge in [-0.2, -0.15) is 0 Å². The lowest BCUT2D eigenvalue weighted by atomic mass is 10.0. The Labute approximate surface area is 109 Å². The lowest BCUT2D eigenvalue weighted by molar-refractivity contribution is -0.385. The first-order valence-electron chi connectivity index (χ1n) is 5.58. The molecule has 102 valence electrons. The molecule has 0 aromatic heterocycles. The van der Waals surface area contributed by atoms with Gasteiger partial charge in [-0.15, -0.1) is 0 Å². The molecule has 0 saturated carbocycles. The molecule has 0 aliphatic carbocycles. The second-order valence-electron chi connectivity index (χ2n) is 3.67. The van der Waals surface area contributed by atoms with E-state index in [1.807, 2.05) is 0 Å². The molecule has 0 amide bonds. The normalized spacial score (nSPS) is 11.7. The van der Waals surface area contributed by atoms with Crippen LogP contribution in [0.1, 0.15) is 23.7 Å². The summed E-state index contributed by atoms with van der Waals surface area (Å²) in [6, 6.07) is 5.36. The molecule has 7 nitrogen and oxygen atoms in total. The first-order valence-corrected chi connectivity index (χ1v) is 5.58. The number of Topliss-reactive ketones (excluding diaryl/α,β-unsaturated/α-hetero) is 1. The number of hydrogen-bond donors (Lipinski definition) is 1. The van der Waals surface area contributed by atoms with Crippen LogP contribution in [0.4, 0.5) is 5.69 Å².